The summed E-state index contributed by atoms with van der Waals surface area (Å²) in [5.74, 6) is -1.76. The Morgan fingerprint density at radius 2 is 1.90 bits per heavy atom. The van der Waals surface area contributed by atoms with Gasteiger partial charge in [0.1, 0.15) is 16.5 Å². The molecule has 0 spiro atoms. The van der Waals surface area contributed by atoms with Crippen LogP contribution < -0.4 is 15.2 Å². The Balaban J connectivity index is 2.50. The molecule has 3 nitrogen and oxygen atoms in total. The Kier molecular flexibility index (Phi) is 4.74. The van der Waals surface area contributed by atoms with Gasteiger partial charge in [0.15, 0.2) is 11.6 Å². The Morgan fingerprint density at radius 3 is 2.52 bits per heavy atom. The zero-order valence-electron chi connectivity index (χ0n) is 10.8. The fraction of sp³-hybridized carbons (Fsp3) is 0.0714. The molecule has 0 amide bonds. The lowest BCUT2D eigenvalue weighted by atomic mass is 10.2. The average Bonchev–Trinajstić information content (AvgIpc) is 2.43. The van der Waals surface area contributed by atoms with Crippen LogP contribution in [-0.2, 0) is 0 Å². The molecule has 7 heteroatoms. The first kappa shape index (κ1) is 15.7. The van der Waals surface area contributed by atoms with Crippen LogP contribution in [0.2, 0.25) is 0 Å². The van der Waals surface area contributed by atoms with Gasteiger partial charge in [0, 0.05) is 10.5 Å². The van der Waals surface area contributed by atoms with E-state index in [-0.39, 0.29) is 16.5 Å². The molecule has 110 valence electrons. The highest BCUT2D eigenvalue weighted by atomic mass is 79.9. The molecule has 2 aromatic carbocycles. The van der Waals surface area contributed by atoms with Crippen LogP contribution in [-0.4, -0.2) is 12.1 Å². The highest BCUT2D eigenvalue weighted by Gasteiger charge is 2.15. The summed E-state index contributed by atoms with van der Waals surface area (Å²) in [6.45, 7) is 0. The first-order valence-corrected chi connectivity index (χ1v) is 6.92. The smallest absolute Gasteiger partial charge is 0.201 e. The van der Waals surface area contributed by atoms with E-state index in [4.69, 9.17) is 27.4 Å². The van der Waals surface area contributed by atoms with Gasteiger partial charge < -0.3 is 15.2 Å². The van der Waals surface area contributed by atoms with Crippen molar-refractivity contribution in [2.75, 3.05) is 7.11 Å². The zero-order chi connectivity index (χ0) is 15.6. The van der Waals surface area contributed by atoms with Gasteiger partial charge in [-0.3, -0.25) is 0 Å². The second kappa shape index (κ2) is 6.36. The lowest BCUT2D eigenvalue weighted by Crippen LogP contribution is -2.11. The molecule has 0 aliphatic rings. The molecule has 0 saturated heterocycles. The molecule has 0 bridgehead atoms. The summed E-state index contributed by atoms with van der Waals surface area (Å²) in [5.41, 5.74) is 5.99. The van der Waals surface area contributed by atoms with Gasteiger partial charge in [-0.15, -0.1) is 0 Å². The number of methoxy groups -OCH3 is 1. The molecule has 0 fully saturated rings. The van der Waals surface area contributed by atoms with E-state index in [9.17, 15) is 8.78 Å². The largest absolute Gasteiger partial charge is 0.497 e. The third-order valence-corrected chi connectivity index (χ3v) is 3.31. The predicted octanol–water partition coefficient (Wildman–Crippen LogP) is 4.16. The van der Waals surface area contributed by atoms with E-state index in [0.717, 1.165) is 6.07 Å². The number of benzene rings is 2. The Hall–Kier alpha value is -1.73. The number of ether oxygens (including phenoxy) is 2. The molecule has 0 unspecified atom stereocenters. The number of rotatable bonds is 4. The number of hydrogen-bond donors (Lipinski definition) is 1. The van der Waals surface area contributed by atoms with Gasteiger partial charge in [-0.2, -0.15) is 4.39 Å². The van der Waals surface area contributed by atoms with Crippen LogP contribution in [0, 0.1) is 11.6 Å². The lowest BCUT2D eigenvalue weighted by molar-refractivity contribution is 0.398. The normalized spacial score (nSPS) is 10.3. The number of halogens is 3. The van der Waals surface area contributed by atoms with E-state index in [1.807, 2.05) is 0 Å². The minimum Gasteiger partial charge on any atom is -0.497 e. The molecule has 2 N–H and O–H groups in total. The Morgan fingerprint density at radius 1 is 1.19 bits per heavy atom. The predicted molar refractivity (Wildman–Crippen MR) is 83.0 cm³/mol. The second-order valence-corrected chi connectivity index (χ2v) is 5.38. The van der Waals surface area contributed by atoms with Crippen molar-refractivity contribution in [1.29, 1.82) is 0 Å². The van der Waals surface area contributed by atoms with Crippen LogP contribution in [0.25, 0.3) is 0 Å². The van der Waals surface area contributed by atoms with Gasteiger partial charge in [0.2, 0.25) is 5.82 Å². The van der Waals surface area contributed by atoms with Crippen LogP contribution in [0.3, 0.4) is 0 Å². The van der Waals surface area contributed by atoms with Gasteiger partial charge in [-0.05, 0) is 24.3 Å². The van der Waals surface area contributed by atoms with Gasteiger partial charge in [-0.25, -0.2) is 4.39 Å². The molecular formula is C14H10BrF2NO2S. The summed E-state index contributed by atoms with van der Waals surface area (Å²) < 4.78 is 38.0. The summed E-state index contributed by atoms with van der Waals surface area (Å²) in [7, 11) is 1.47. The van der Waals surface area contributed by atoms with Gasteiger partial charge >= 0.3 is 0 Å². The number of hydrogen-bond acceptors (Lipinski definition) is 3. The van der Waals surface area contributed by atoms with Gasteiger partial charge in [0.25, 0.3) is 0 Å². The molecule has 0 saturated carbocycles. The van der Waals surface area contributed by atoms with E-state index >= 15 is 0 Å². The fourth-order valence-electron chi connectivity index (χ4n) is 1.64. The summed E-state index contributed by atoms with van der Waals surface area (Å²) in [6.07, 6.45) is 0. The van der Waals surface area contributed by atoms with Crippen molar-refractivity contribution >= 4 is 33.1 Å². The summed E-state index contributed by atoms with van der Waals surface area (Å²) >= 11 is 7.98. The maximum atomic E-state index is 13.8. The van der Waals surface area contributed by atoms with Crippen molar-refractivity contribution in [3.05, 3.63) is 52.0 Å². The maximum Gasteiger partial charge on any atom is 0.201 e. The minimum atomic E-state index is -1.10. The molecule has 0 aliphatic carbocycles. The summed E-state index contributed by atoms with van der Waals surface area (Å²) in [5, 5.41) is 0. The fourth-order valence-corrected chi connectivity index (χ4v) is 2.22. The van der Waals surface area contributed by atoms with Crippen LogP contribution in [0.4, 0.5) is 8.78 Å². The maximum absolute atomic E-state index is 13.8. The molecule has 0 aromatic heterocycles. The Bertz CT molecular complexity index is 710. The third-order valence-electron chi connectivity index (χ3n) is 2.63. The standard InChI is InChI=1S/C14H10BrF2NO2S/c1-19-8-2-3-9(14(18)21)11(6-8)20-12-5-7(15)4-10(16)13(12)17/h2-6H,1H3,(H2,18,21). The molecule has 0 atom stereocenters. The average molecular weight is 374 g/mol. The van der Waals surface area contributed by atoms with Crippen LogP contribution in [0.1, 0.15) is 5.56 Å². The molecule has 0 aliphatic heterocycles. The van der Waals surface area contributed by atoms with Crippen LogP contribution in [0.5, 0.6) is 17.2 Å². The second-order valence-electron chi connectivity index (χ2n) is 4.03. The minimum absolute atomic E-state index is 0.0727. The summed E-state index contributed by atoms with van der Waals surface area (Å²) in [4.78, 5) is 0.0727. The first-order chi connectivity index (χ1) is 9.92. The van der Waals surface area contributed by atoms with E-state index in [2.05, 4.69) is 15.9 Å². The molecule has 2 aromatic rings. The summed E-state index contributed by atoms with van der Waals surface area (Å²) in [6, 6.07) is 7.03. The first-order valence-electron chi connectivity index (χ1n) is 5.72. The van der Waals surface area contributed by atoms with Crippen molar-refractivity contribution in [2.24, 2.45) is 5.73 Å². The molecule has 2 rings (SSSR count). The van der Waals surface area contributed by atoms with Gasteiger partial charge in [-0.1, -0.05) is 28.1 Å². The van der Waals surface area contributed by atoms with Crippen molar-refractivity contribution in [3.8, 4) is 17.2 Å². The van der Waals surface area contributed by atoms with E-state index in [1.165, 1.54) is 19.2 Å². The van der Waals surface area contributed by atoms with Crippen molar-refractivity contribution in [3.63, 3.8) is 0 Å². The monoisotopic (exact) mass is 373 g/mol. The van der Waals surface area contributed by atoms with E-state index in [0.29, 0.717) is 15.8 Å². The highest BCUT2D eigenvalue weighted by Crippen LogP contribution is 2.33. The lowest BCUT2D eigenvalue weighted by Gasteiger charge is -2.13. The zero-order valence-corrected chi connectivity index (χ0v) is 13.2. The van der Waals surface area contributed by atoms with Crippen LogP contribution in [0.15, 0.2) is 34.8 Å². The topological polar surface area (TPSA) is 44.5 Å². The molecule has 21 heavy (non-hydrogen) atoms. The Labute approximate surface area is 133 Å². The van der Waals surface area contributed by atoms with Gasteiger partial charge in [0.05, 0.1) is 12.7 Å². The number of thiocarbonyl (C=S) groups is 1. The van der Waals surface area contributed by atoms with Crippen molar-refractivity contribution < 1.29 is 18.3 Å². The third kappa shape index (κ3) is 3.48. The van der Waals surface area contributed by atoms with Crippen molar-refractivity contribution in [1.82, 2.24) is 0 Å². The quantitative estimate of drug-likeness (QED) is 0.645. The van der Waals surface area contributed by atoms with Crippen LogP contribution >= 0.6 is 28.1 Å². The van der Waals surface area contributed by atoms with E-state index in [1.54, 1.807) is 12.1 Å². The molecular weight excluding hydrogens is 364 g/mol. The molecule has 0 radical (unpaired) electrons. The van der Waals surface area contributed by atoms with Crippen molar-refractivity contribution in [2.45, 2.75) is 0 Å². The number of nitrogens with two attached hydrogens (primary N) is 1. The van der Waals surface area contributed by atoms with E-state index < -0.39 is 11.6 Å². The molecule has 0 heterocycles. The highest BCUT2D eigenvalue weighted by molar-refractivity contribution is 9.10. The SMILES string of the molecule is COc1ccc(C(N)=S)c(Oc2cc(Br)cc(F)c2F)c1.